The van der Waals surface area contributed by atoms with E-state index in [0.29, 0.717) is 10.6 Å². The van der Waals surface area contributed by atoms with Crippen molar-refractivity contribution in [2.75, 3.05) is 24.3 Å². The SMILES string of the molecule is COc1cc(N)c(N)c2c(=O)[nH]c(=O)n(-c3nc(N)c(F)cc3F)c12. The van der Waals surface area contributed by atoms with Gasteiger partial charge < -0.3 is 21.9 Å². The lowest BCUT2D eigenvalue weighted by atomic mass is 10.1. The third-order valence-corrected chi connectivity index (χ3v) is 3.58. The lowest BCUT2D eigenvalue weighted by Crippen LogP contribution is -2.31. The van der Waals surface area contributed by atoms with Gasteiger partial charge in [0.25, 0.3) is 5.56 Å². The number of nitrogens with one attached hydrogen (secondary N) is 1. The number of benzene rings is 1. The van der Waals surface area contributed by atoms with Gasteiger partial charge in [-0.2, -0.15) is 0 Å². The molecule has 130 valence electrons. The second kappa shape index (κ2) is 5.47. The van der Waals surface area contributed by atoms with E-state index in [4.69, 9.17) is 21.9 Å². The number of anilines is 3. The number of hydrogen-bond donors (Lipinski definition) is 4. The standard InChI is InChI=1S/C14H12F2N6O3/c1-25-7-3-6(17)9(18)8-10(7)22(14(24)21-13(8)23)12-5(16)2-4(15)11(19)20-12/h2-3H,17-18H2,1H3,(H2,19,20)(H,21,23,24). The second-order valence-corrected chi connectivity index (χ2v) is 5.06. The van der Waals surface area contributed by atoms with Gasteiger partial charge in [0.05, 0.1) is 23.9 Å². The number of rotatable bonds is 2. The third kappa shape index (κ3) is 2.33. The van der Waals surface area contributed by atoms with E-state index in [1.54, 1.807) is 0 Å². The van der Waals surface area contributed by atoms with E-state index in [1.165, 1.54) is 13.2 Å². The minimum Gasteiger partial charge on any atom is -0.494 e. The van der Waals surface area contributed by atoms with Crippen molar-refractivity contribution in [3.05, 3.63) is 44.6 Å². The molecule has 0 saturated carbocycles. The van der Waals surface area contributed by atoms with Crippen LogP contribution in [0.3, 0.4) is 0 Å². The number of nitrogen functional groups attached to an aromatic ring is 3. The fourth-order valence-corrected chi connectivity index (χ4v) is 2.44. The van der Waals surface area contributed by atoms with Crippen LogP contribution in [0.15, 0.2) is 21.7 Å². The molecule has 0 spiro atoms. The molecule has 3 rings (SSSR count). The van der Waals surface area contributed by atoms with E-state index in [-0.39, 0.29) is 28.0 Å². The Kier molecular flexibility index (Phi) is 3.55. The van der Waals surface area contributed by atoms with Crippen molar-refractivity contribution in [2.24, 2.45) is 0 Å². The third-order valence-electron chi connectivity index (χ3n) is 3.58. The smallest absolute Gasteiger partial charge is 0.334 e. The van der Waals surface area contributed by atoms with Gasteiger partial charge in [-0.05, 0) is 0 Å². The van der Waals surface area contributed by atoms with E-state index >= 15 is 0 Å². The normalized spacial score (nSPS) is 11.0. The molecular weight excluding hydrogens is 338 g/mol. The quantitative estimate of drug-likeness (QED) is 0.478. The number of aromatic nitrogens is 3. The zero-order valence-electron chi connectivity index (χ0n) is 12.8. The highest BCUT2D eigenvalue weighted by atomic mass is 19.1. The first-order valence-corrected chi connectivity index (χ1v) is 6.79. The molecule has 0 amide bonds. The van der Waals surface area contributed by atoms with Crippen LogP contribution in [0.5, 0.6) is 5.75 Å². The highest BCUT2D eigenvalue weighted by Crippen LogP contribution is 2.33. The Labute approximate surface area is 137 Å². The summed E-state index contributed by atoms with van der Waals surface area (Å²) < 4.78 is 33.4. The molecule has 0 aliphatic rings. The molecule has 7 N–H and O–H groups in total. The van der Waals surface area contributed by atoms with Crippen LogP contribution < -0.4 is 33.2 Å². The molecule has 25 heavy (non-hydrogen) atoms. The summed E-state index contributed by atoms with van der Waals surface area (Å²) in [6.07, 6.45) is 0. The van der Waals surface area contributed by atoms with Crippen molar-refractivity contribution in [3.8, 4) is 11.6 Å². The van der Waals surface area contributed by atoms with Crippen molar-refractivity contribution in [2.45, 2.75) is 0 Å². The first kappa shape index (κ1) is 16.2. The molecule has 0 aliphatic heterocycles. The lowest BCUT2D eigenvalue weighted by molar-refractivity contribution is 0.418. The van der Waals surface area contributed by atoms with E-state index in [1.807, 2.05) is 4.98 Å². The summed E-state index contributed by atoms with van der Waals surface area (Å²) in [6.45, 7) is 0. The topological polar surface area (TPSA) is 155 Å². The van der Waals surface area contributed by atoms with Gasteiger partial charge in [-0.3, -0.25) is 9.78 Å². The van der Waals surface area contributed by atoms with E-state index in [0.717, 1.165) is 0 Å². The Hall–Kier alpha value is -3.63. The van der Waals surface area contributed by atoms with Gasteiger partial charge in [-0.15, -0.1) is 0 Å². The van der Waals surface area contributed by atoms with Crippen LogP contribution >= 0.6 is 0 Å². The predicted molar refractivity (Wildman–Crippen MR) is 87.7 cm³/mol. The largest absolute Gasteiger partial charge is 0.494 e. The Bertz CT molecular complexity index is 1140. The Balaban J connectivity index is 2.61. The van der Waals surface area contributed by atoms with Gasteiger partial charge in [-0.25, -0.2) is 23.1 Å². The van der Waals surface area contributed by atoms with Gasteiger partial charge in [0.2, 0.25) is 0 Å². The number of pyridine rings is 1. The van der Waals surface area contributed by atoms with Crippen LogP contribution in [0, 0.1) is 11.6 Å². The summed E-state index contributed by atoms with van der Waals surface area (Å²) in [5.74, 6) is -3.58. The average molecular weight is 350 g/mol. The zero-order valence-corrected chi connectivity index (χ0v) is 12.8. The van der Waals surface area contributed by atoms with Gasteiger partial charge in [0, 0.05) is 12.1 Å². The number of methoxy groups -OCH3 is 1. The summed E-state index contributed by atoms with van der Waals surface area (Å²) in [7, 11) is 1.25. The van der Waals surface area contributed by atoms with Crippen LogP contribution in [0.4, 0.5) is 26.0 Å². The highest BCUT2D eigenvalue weighted by molar-refractivity contribution is 6.00. The number of aromatic amines is 1. The molecule has 3 aromatic rings. The number of halogens is 2. The second-order valence-electron chi connectivity index (χ2n) is 5.06. The van der Waals surface area contributed by atoms with E-state index in [9.17, 15) is 18.4 Å². The summed E-state index contributed by atoms with van der Waals surface area (Å²) in [5.41, 5.74) is 14.7. The number of H-pyrrole nitrogens is 1. The zero-order chi connectivity index (χ0) is 18.5. The maximum Gasteiger partial charge on any atom is 0.334 e. The molecular formula is C14H12F2N6O3. The van der Waals surface area contributed by atoms with Crippen molar-refractivity contribution < 1.29 is 13.5 Å². The molecule has 2 aromatic heterocycles. The van der Waals surface area contributed by atoms with Crippen LogP contribution in [-0.4, -0.2) is 21.6 Å². The van der Waals surface area contributed by atoms with E-state index < -0.39 is 34.5 Å². The summed E-state index contributed by atoms with van der Waals surface area (Å²) in [4.78, 5) is 30.0. The van der Waals surface area contributed by atoms with Crippen molar-refractivity contribution in [1.29, 1.82) is 0 Å². The molecule has 0 fully saturated rings. The monoisotopic (exact) mass is 350 g/mol. The molecule has 1 aromatic carbocycles. The van der Waals surface area contributed by atoms with Crippen molar-refractivity contribution in [3.63, 3.8) is 0 Å². The Morgan fingerprint density at radius 1 is 1.16 bits per heavy atom. The number of ether oxygens (including phenoxy) is 1. The van der Waals surface area contributed by atoms with Crippen LogP contribution in [-0.2, 0) is 0 Å². The number of hydrogen-bond acceptors (Lipinski definition) is 7. The minimum atomic E-state index is -1.18. The van der Waals surface area contributed by atoms with Crippen LogP contribution in [0.1, 0.15) is 0 Å². The van der Waals surface area contributed by atoms with Crippen LogP contribution in [0.2, 0.25) is 0 Å². The molecule has 0 bridgehead atoms. The fraction of sp³-hybridized carbons (Fsp3) is 0.0714. The molecule has 2 heterocycles. The molecule has 0 radical (unpaired) electrons. The maximum absolute atomic E-state index is 14.2. The molecule has 0 saturated heterocycles. The van der Waals surface area contributed by atoms with Crippen molar-refractivity contribution >= 4 is 28.1 Å². The van der Waals surface area contributed by atoms with Crippen LogP contribution in [0.25, 0.3) is 16.7 Å². The number of nitrogens with zero attached hydrogens (tertiary/aromatic N) is 2. The summed E-state index contributed by atoms with van der Waals surface area (Å²) in [6, 6.07) is 1.73. The maximum atomic E-state index is 14.2. The van der Waals surface area contributed by atoms with Gasteiger partial charge >= 0.3 is 5.69 Å². The van der Waals surface area contributed by atoms with E-state index in [2.05, 4.69) is 4.98 Å². The average Bonchev–Trinajstić information content (AvgIpc) is 2.54. The fourth-order valence-electron chi connectivity index (χ4n) is 2.44. The summed E-state index contributed by atoms with van der Waals surface area (Å²) in [5, 5.41) is -0.208. The first-order chi connectivity index (χ1) is 11.8. The molecule has 0 aliphatic carbocycles. The lowest BCUT2D eigenvalue weighted by Gasteiger charge is -2.15. The summed E-state index contributed by atoms with van der Waals surface area (Å²) >= 11 is 0. The molecule has 9 nitrogen and oxygen atoms in total. The molecule has 0 atom stereocenters. The highest BCUT2D eigenvalue weighted by Gasteiger charge is 2.22. The molecule has 0 unspecified atom stereocenters. The predicted octanol–water partition coefficient (Wildman–Crippen LogP) is 0.107. The minimum absolute atomic E-state index is 0.0205. The van der Waals surface area contributed by atoms with Gasteiger partial charge in [0.15, 0.2) is 23.3 Å². The Morgan fingerprint density at radius 3 is 2.48 bits per heavy atom. The molecule has 11 heteroatoms. The van der Waals surface area contributed by atoms with Gasteiger partial charge in [-0.1, -0.05) is 0 Å². The number of fused-ring (bicyclic) bond motifs is 1. The van der Waals surface area contributed by atoms with Gasteiger partial charge in [0.1, 0.15) is 11.3 Å². The van der Waals surface area contributed by atoms with Crippen molar-refractivity contribution in [1.82, 2.24) is 14.5 Å². The number of nitrogens with two attached hydrogens (primary N) is 3. The Morgan fingerprint density at radius 2 is 1.84 bits per heavy atom. The first-order valence-electron chi connectivity index (χ1n) is 6.79.